The van der Waals surface area contributed by atoms with E-state index < -0.39 is 0 Å². The maximum atomic E-state index is 8.99. The lowest BCUT2D eigenvalue weighted by molar-refractivity contribution is 0.226. The van der Waals surface area contributed by atoms with Crippen molar-refractivity contribution in [2.75, 3.05) is 31.1 Å². The third-order valence-electron chi connectivity index (χ3n) is 5.94. The molecule has 0 N–H and O–H groups in total. The second kappa shape index (κ2) is 10.1. The Balaban J connectivity index is 1.54. The van der Waals surface area contributed by atoms with Crippen molar-refractivity contribution in [2.24, 2.45) is 0 Å². The molecule has 5 heteroatoms. The Hall–Kier alpha value is -2.95. The van der Waals surface area contributed by atoms with Crippen molar-refractivity contribution < 1.29 is 0 Å². The van der Waals surface area contributed by atoms with Gasteiger partial charge in [-0.2, -0.15) is 5.26 Å². The highest BCUT2D eigenvalue weighted by molar-refractivity contribution is 6.33. The van der Waals surface area contributed by atoms with Crippen LogP contribution < -0.4 is 4.90 Å². The van der Waals surface area contributed by atoms with Crippen LogP contribution in [0.25, 0.3) is 0 Å². The Morgan fingerprint density at radius 2 is 1.66 bits per heavy atom. The molecule has 4 rings (SSSR count). The summed E-state index contributed by atoms with van der Waals surface area (Å²) in [5, 5.41) is 10.4. The van der Waals surface area contributed by atoms with E-state index in [-0.39, 0.29) is 6.04 Å². The summed E-state index contributed by atoms with van der Waals surface area (Å²) < 4.78 is 0. The average molecular weight is 460 g/mol. The van der Waals surface area contributed by atoms with Gasteiger partial charge in [-0.15, -0.1) is 6.42 Å². The monoisotopic (exact) mass is 459 g/mol. The number of piperazine rings is 1. The van der Waals surface area contributed by atoms with Gasteiger partial charge in [0.2, 0.25) is 0 Å². The number of anilines is 1. The zero-order valence-electron chi connectivity index (χ0n) is 17.6. The molecule has 32 heavy (non-hydrogen) atoms. The van der Waals surface area contributed by atoms with Crippen LogP contribution in [0, 0.1) is 23.7 Å². The quantitative estimate of drug-likeness (QED) is 0.441. The fraction of sp³-hybridized carbons (Fsp3) is 0.222. The topological polar surface area (TPSA) is 30.3 Å². The molecule has 0 radical (unpaired) electrons. The normalized spacial score (nSPS) is 16.4. The fourth-order valence-electron chi connectivity index (χ4n) is 4.16. The molecule has 0 aliphatic carbocycles. The van der Waals surface area contributed by atoms with Gasteiger partial charge in [-0.3, -0.25) is 4.90 Å². The van der Waals surface area contributed by atoms with Crippen molar-refractivity contribution in [3.63, 3.8) is 0 Å². The lowest BCUT2D eigenvalue weighted by Gasteiger charge is -2.43. The molecule has 1 heterocycles. The summed E-state index contributed by atoms with van der Waals surface area (Å²) in [5.74, 6) is 2.65. The molecule has 3 aromatic carbocycles. The van der Waals surface area contributed by atoms with E-state index in [1.165, 1.54) is 11.1 Å². The highest BCUT2D eigenvalue weighted by atomic mass is 35.5. The van der Waals surface area contributed by atoms with Crippen molar-refractivity contribution in [2.45, 2.75) is 12.5 Å². The number of rotatable bonds is 5. The SMILES string of the molecule is C#Cc1ccc(N2CCN(CCc3ccc(C#N)cc3)CC2c2ccc(Cl)cc2)c(Cl)c1. The molecule has 1 fully saturated rings. The number of benzene rings is 3. The predicted octanol–water partition coefficient (Wildman–Crippen LogP) is 5.95. The fourth-order valence-corrected chi connectivity index (χ4v) is 4.58. The molecule has 0 aromatic heterocycles. The van der Waals surface area contributed by atoms with Crippen LogP contribution in [0.4, 0.5) is 5.69 Å². The van der Waals surface area contributed by atoms with E-state index in [2.05, 4.69) is 33.9 Å². The second-order valence-electron chi connectivity index (χ2n) is 7.93. The number of nitriles is 1. The van der Waals surface area contributed by atoms with E-state index in [0.717, 1.165) is 48.9 Å². The van der Waals surface area contributed by atoms with Crippen molar-refractivity contribution in [3.05, 3.63) is 99.0 Å². The largest absolute Gasteiger partial charge is 0.361 e. The summed E-state index contributed by atoms with van der Waals surface area (Å²) in [7, 11) is 0. The second-order valence-corrected chi connectivity index (χ2v) is 8.77. The Kier molecular flexibility index (Phi) is 7.03. The predicted molar refractivity (Wildman–Crippen MR) is 132 cm³/mol. The first-order valence-corrected chi connectivity index (χ1v) is 11.3. The Morgan fingerprint density at radius 1 is 0.938 bits per heavy atom. The van der Waals surface area contributed by atoms with Crippen LogP contribution in [0.15, 0.2) is 66.7 Å². The molecule has 1 saturated heterocycles. The number of hydrogen-bond donors (Lipinski definition) is 0. The van der Waals surface area contributed by atoms with Crippen molar-refractivity contribution in [1.82, 2.24) is 4.90 Å². The van der Waals surface area contributed by atoms with E-state index in [9.17, 15) is 0 Å². The van der Waals surface area contributed by atoms with Crippen LogP contribution >= 0.6 is 23.2 Å². The van der Waals surface area contributed by atoms with Gasteiger partial charge in [0.25, 0.3) is 0 Å². The first-order valence-electron chi connectivity index (χ1n) is 10.6. The number of hydrogen-bond acceptors (Lipinski definition) is 3. The van der Waals surface area contributed by atoms with E-state index in [0.29, 0.717) is 10.6 Å². The first kappa shape index (κ1) is 22.3. The van der Waals surface area contributed by atoms with Crippen molar-refractivity contribution >= 4 is 28.9 Å². The minimum absolute atomic E-state index is 0.149. The highest BCUT2D eigenvalue weighted by Crippen LogP contribution is 2.36. The van der Waals surface area contributed by atoms with Gasteiger partial charge in [-0.1, -0.05) is 53.4 Å². The molecule has 1 aliphatic heterocycles. The number of nitrogens with zero attached hydrogens (tertiary/aromatic N) is 3. The van der Waals surface area contributed by atoms with Gasteiger partial charge in [0.1, 0.15) is 0 Å². The molecule has 0 spiro atoms. The molecule has 3 nitrogen and oxygen atoms in total. The van der Waals surface area contributed by atoms with E-state index >= 15 is 0 Å². The molecule has 160 valence electrons. The van der Waals surface area contributed by atoms with Crippen molar-refractivity contribution in [3.8, 4) is 18.4 Å². The Labute approximate surface area is 199 Å². The zero-order chi connectivity index (χ0) is 22.5. The highest BCUT2D eigenvalue weighted by Gasteiger charge is 2.29. The minimum Gasteiger partial charge on any atom is -0.361 e. The van der Waals surface area contributed by atoms with Gasteiger partial charge >= 0.3 is 0 Å². The summed E-state index contributed by atoms with van der Waals surface area (Å²) in [6.07, 6.45) is 6.48. The third-order valence-corrected chi connectivity index (χ3v) is 6.50. The number of terminal acetylenes is 1. The van der Waals surface area contributed by atoms with Gasteiger partial charge in [-0.25, -0.2) is 0 Å². The molecule has 3 aromatic rings. The van der Waals surface area contributed by atoms with E-state index in [1.807, 2.05) is 54.6 Å². The van der Waals surface area contributed by atoms with Crippen LogP contribution in [0.1, 0.15) is 28.3 Å². The summed E-state index contributed by atoms with van der Waals surface area (Å²) in [6, 6.07) is 24.0. The summed E-state index contributed by atoms with van der Waals surface area (Å²) in [6.45, 7) is 3.63. The zero-order valence-corrected chi connectivity index (χ0v) is 19.2. The minimum atomic E-state index is 0.149. The standard InChI is InChI=1S/C27H23Cl2N3/c1-2-20-7-12-26(25(29)17-20)32-16-15-31(14-13-21-3-5-22(18-30)6-4-21)19-27(32)23-8-10-24(28)11-9-23/h1,3-12,17,27H,13-16,19H2. The molecule has 0 bridgehead atoms. The van der Waals surface area contributed by atoms with Crippen LogP contribution in [0.2, 0.25) is 10.0 Å². The number of halogens is 2. The molecule has 1 atom stereocenters. The van der Waals surface area contributed by atoms with Crippen LogP contribution in [0.3, 0.4) is 0 Å². The van der Waals surface area contributed by atoms with Crippen LogP contribution in [-0.2, 0) is 6.42 Å². The van der Waals surface area contributed by atoms with Gasteiger partial charge in [0.05, 0.1) is 28.4 Å². The maximum absolute atomic E-state index is 8.99. The molecule has 1 aliphatic rings. The first-order chi connectivity index (χ1) is 15.6. The van der Waals surface area contributed by atoms with Gasteiger partial charge < -0.3 is 4.90 Å². The van der Waals surface area contributed by atoms with Gasteiger partial charge in [-0.05, 0) is 60.0 Å². The van der Waals surface area contributed by atoms with Crippen LogP contribution in [0.5, 0.6) is 0 Å². The average Bonchev–Trinajstić information content (AvgIpc) is 2.83. The summed E-state index contributed by atoms with van der Waals surface area (Å²) in [4.78, 5) is 4.85. The van der Waals surface area contributed by atoms with E-state index in [4.69, 9.17) is 34.9 Å². The molecular weight excluding hydrogens is 437 g/mol. The van der Waals surface area contributed by atoms with Crippen molar-refractivity contribution in [1.29, 1.82) is 5.26 Å². The van der Waals surface area contributed by atoms with Crippen LogP contribution in [-0.4, -0.2) is 31.1 Å². The summed E-state index contributed by atoms with van der Waals surface area (Å²) >= 11 is 12.8. The molecule has 1 unspecified atom stereocenters. The lowest BCUT2D eigenvalue weighted by Crippen LogP contribution is -2.49. The third kappa shape index (κ3) is 5.09. The molecular formula is C27H23Cl2N3. The lowest BCUT2D eigenvalue weighted by atomic mass is 10.0. The summed E-state index contributed by atoms with van der Waals surface area (Å²) in [5.41, 5.74) is 4.91. The maximum Gasteiger partial charge on any atom is 0.0991 e. The smallest absolute Gasteiger partial charge is 0.0991 e. The Bertz CT molecular complexity index is 1160. The van der Waals surface area contributed by atoms with Gasteiger partial charge in [0, 0.05) is 36.8 Å². The van der Waals surface area contributed by atoms with E-state index in [1.54, 1.807) is 0 Å². The Morgan fingerprint density at radius 3 is 2.31 bits per heavy atom. The molecule has 0 saturated carbocycles. The molecule has 0 amide bonds. The van der Waals surface area contributed by atoms with Gasteiger partial charge in [0.15, 0.2) is 0 Å².